The number of allylic oxidation sites excluding steroid dienone is 1. The monoisotopic (exact) mass is 342 g/mol. The number of aryl methyl sites for hydroxylation is 1. The van der Waals surface area contributed by atoms with E-state index in [0.717, 1.165) is 12.8 Å². The van der Waals surface area contributed by atoms with Crippen molar-refractivity contribution in [1.29, 1.82) is 0 Å². The Morgan fingerprint density at radius 1 is 1.12 bits per heavy atom. The summed E-state index contributed by atoms with van der Waals surface area (Å²) < 4.78 is 6.48. The summed E-state index contributed by atoms with van der Waals surface area (Å²) >= 11 is 0. The second-order valence-corrected chi connectivity index (χ2v) is 13.2. The molecule has 0 heterocycles. The topological polar surface area (TPSA) is 9.23 Å². The van der Waals surface area contributed by atoms with Gasteiger partial charge in [-0.3, -0.25) is 0 Å². The van der Waals surface area contributed by atoms with Crippen LogP contribution in [-0.4, -0.2) is 13.9 Å². The van der Waals surface area contributed by atoms with E-state index in [4.69, 9.17) is 4.43 Å². The zero-order valence-electron chi connectivity index (χ0n) is 16.6. The highest BCUT2D eigenvalue weighted by Gasteiger charge is 2.40. The highest BCUT2D eigenvalue weighted by Crippen LogP contribution is 2.38. The largest absolute Gasteiger partial charge is 0.401 e. The van der Waals surface area contributed by atoms with Crippen LogP contribution in [0.3, 0.4) is 0 Å². The molecule has 0 radical (unpaired) electrons. The summed E-state index contributed by atoms with van der Waals surface area (Å²) in [5.41, 5.74) is 0.930. The Morgan fingerprint density at radius 3 is 2.21 bits per heavy atom. The average Bonchev–Trinajstić information content (AvgIpc) is 2.46. The normalized spacial score (nSPS) is 13.8. The lowest BCUT2D eigenvalue weighted by molar-refractivity contribution is 0.151. The highest BCUT2D eigenvalue weighted by molar-refractivity contribution is 6.74. The third kappa shape index (κ3) is 6.67. The maximum atomic E-state index is 6.48. The zero-order valence-corrected chi connectivity index (χ0v) is 17.6. The zero-order chi connectivity index (χ0) is 18.4. The summed E-state index contributed by atoms with van der Waals surface area (Å²) in [7, 11) is -1.82. The Kier molecular flexibility index (Phi) is 7.07. The predicted molar refractivity (Wildman–Crippen MR) is 109 cm³/mol. The Morgan fingerprint density at radius 2 is 1.71 bits per heavy atom. The quantitative estimate of drug-likeness (QED) is 0.338. The minimum Gasteiger partial charge on any atom is -0.401 e. The molecule has 1 rings (SSSR count). The highest BCUT2D eigenvalue weighted by atomic mass is 28.4. The van der Waals surface area contributed by atoms with Gasteiger partial charge in [-0.2, -0.15) is 0 Å². The van der Waals surface area contributed by atoms with Gasteiger partial charge >= 0.3 is 0 Å². The molecule has 0 aliphatic heterocycles. The molecule has 0 amide bonds. The maximum absolute atomic E-state index is 6.48. The van der Waals surface area contributed by atoms with E-state index in [1.165, 1.54) is 5.56 Å². The van der Waals surface area contributed by atoms with Crippen LogP contribution in [0.2, 0.25) is 18.1 Å². The molecule has 24 heavy (non-hydrogen) atoms. The van der Waals surface area contributed by atoms with Crippen molar-refractivity contribution in [3.05, 3.63) is 48.6 Å². The van der Waals surface area contributed by atoms with Crippen LogP contribution < -0.4 is 0 Å². The summed E-state index contributed by atoms with van der Waals surface area (Å²) in [4.78, 5) is 0. The van der Waals surface area contributed by atoms with Gasteiger partial charge < -0.3 is 4.43 Å². The van der Waals surface area contributed by atoms with Crippen molar-refractivity contribution >= 4 is 8.32 Å². The Bertz CT molecular complexity index is 582. The Hall–Kier alpha value is -1.30. The first-order valence-electron chi connectivity index (χ1n) is 8.86. The van der Waals surface area contributed by atoms with E-state index in [1.807, 2.05) is 6.08 Å². The predicted octanol–water partition coefficient (Wildman–Crippen LogP) is 6.23. The van der Waals surface area contributed by atoms with Crippen molar-refractivity contribution in [3.8, 4) is 11.8 Å². The van der Waals surface area contributed by atoms with Crippen molar-refractivity contribution in [2.45, 2.75) is 71.2 Å². The van der Waals surface area contributed by atoms with E-state index < -0.39 is 13.9 Å². The van der Waals surface area contributed by atoms with Gasteiger partial charge in [0.2, 0.25) is 0 Å². The van der Waals surface area contributed by atoms with Crippen LogP contribution >= 0.6 is 0 Å². The van der Waals surface area contributed by atoms with Gasteiger partial charge in [-0.15, -0.1) is 6.58 Å². The van der Waals surface area contributed by atoms with Crippen molar-refractivity contribution in [2.75, 3.05) is 0 Å². The molecule has 1 aromatic rings. The van der Waals surface area contributed by atoms with Crippen molar-refractivity contribution in [1.82, 2.24) is 0 Å². The molecule has 0 bridgehead atoms. The number of rotatable bonds is 6. The first-order chi connectivity index (χ1) is 11.0. The molecular formula is C22H34OSi. The standard InChI is InChI=1S/C22H34OSi/c1-9-19(15-16-20-13-11-10-12-14-20)17-18-22(5,6)23-24(7,8)21(2,3)4/h9-14,19H,1,15-16H2,2-8H3/t19-/m1/s1. The van der Waals surface area contributed by atoms with Gasteiger partial charge in [0.25, 0.3) is 0 Å². The molecule has 0 aliphatic carbocycles. The van der Waals surface area contributed by atoms with Gasteiger partial charge in [-0.25, -0.2) is 0 Å². The molecule has 1 aromatic carbocycles. The molecule has 0 spiro atoms. The summed E-state index contributed by atoms with van der Waals surface area (Å²) in [5.74, 6) is 6.95. The molecule has 132 valence electrons. The van der Waals surface area contributed by atoms with Gasteiger partial charge in [-0.05, 0) is 50.4 Å². The van der Waals surface area contributed by atoms with Crippen LogP contribution in [0, 0.1) is 17.8 Å². The molecule has 0 saturated heterocycles. The fourth-order valence-electron chi connectivity index (χ4n) is 2.30. The van der Waals surface area contributed by atoms with E-state index in [-0.39, 0.29) is 11.0 Å². The van der Waals surface area contributed by atoms with Gasteiger partial charge in [0.1, 0.15) is 5.60 Å². The maximum Gasteiger partial charge on any atom is 0.194 e. The van der Waals surface area contributed by atoms with Gasteiger partial charge in [0.05, 0.1) is 0 Å². The van der Waals surface area contributed by atoms with E-state index in [0.29, 0.717) is 0 Å². The third-order valence-electron chi connectivity index (χ3n) is 4.75. The van der Waals surface area contributed by atoms with Crippen LogP contribution in [0.5, 0.6) is 0 Å². The van der Waals surface area contributed by atoms with E-state index in [1.54, 1.807) is 0 Å². The molecule has 0 aliphatic rings. The number of hydrogen-bond donors (Lipinski definition) is 0. The van der Waals surface area contributed by atoms with Gasteiger partial charge in [-0.1, -0.05) is 69.0 Å². The van der Waals surface area contributed by atoms with Crippen LogP contribution in [0.15, 0.2) is 43.0 Å². The van der Waals surface area contributed by atoms with Crippen molar-refractivity contribution in [3.63, 3.8) is 0 Å². The molecule has 0 fully saturated rings. The van der Waals surface area contributed by atoms with E-state index in [9.17, 15) is 0 Å². The van der Waals surface area contributed by atoms with E-state index >= 15 is 0 Å². The molecule has 1 atom stereocenters. The summed E-state index contributed by atoms with van der Waals surface area (Å²) in [6.07, 6.45) is 3.98. The lowest BCUT2D eigenvalue weighted by atomic mass is 9.99. The fourth-order valence-corrected chi connectivity index (χ4v) is 3.93. The van der Waals surface area contributed by atoms with Crippen LogP contribution in [0.25, 0.3) is 0 Å². The van der Waals surface area contributed by atoms with Crippen molar-refractivity contribution < 1.29 is 4.43 Å². The molecule has 0 saturated carbocycles. The third-order valence-corrected chi connectivity index (χ3v) is 9.38. The minimum atomic E-state index is -1.82. The number of benzene rings is 1. The first kappa shape index (κ1) is 20.7. The van der Waals surface area contributed by atoms with Gasteiger partial charge in [0, 0.05) is 5.92 Å². The van der Waals surface area contributed by atoms with Crippen molar-refractivity contribution in [2.24, 2.45) is 5.92 Å². The second kappa shape index (κ2) is 8.19. The molecule has 0 unspecified atom stereocenters. The van der Waals surface area contributed by atoms with Gasteiger partial charge in [0.15, 0.2) is 8.32 Å². The second-order valence-electron chi connectivity index (χ2n) is 8.51. The smallest absolute Gasteiger partial charge is 0.194 e. The lowest BCUT2D eigenvalue weighted by Gasteiger charge is -2.40. The summed E-state index contributed by atoms with van der Waals surface area (Å²) in [6, 6.07) is 10.5. The molecule has 2 heteroatoms. The Balaban J connectivity index is 2.73. The first-order valence-corrected chi connectivity index (χ1v) is 11.8. The van der Waals surface area contributed by atoms with Crippen LogP contribution in [0.1, 0.15) is 46.6 Å². The lowest BCUT2D eigenvalue weighted by Crippen LogP contribution is -2.47. The SMILES string of the molecule is C=C[C@@H](C#CC(C)(C)O[Si](C)(C)C(C)(C)C)CCc1ccccc1. The van der Waals surface area contributed by atoms with Crippen LogP contribution in [0.4, 0.5) is 0 Å². The average molecular weight is 343 g/mol. The molecule has 0 N–H and O–H groups in total. The van der Waals surface area contributed by atoms with Crippen LogP contribution in [-0.2, 0) is 10.8 Å². The number of hydrogen-bond acceptors (Lipinski definition) is 1. The Labute approximate surface area is 150 Å². The summed E-state index contributed by atoms with van der Waals surface area (Å²) in [5, 5.41) is 0.192. The molecule has 0 aromatic heterocycles. The fraction of sp³-hybridized carbons (Fsp3) is 0.545. The molecular weight excluding hydrogens is 308 g/mol. The summed E-state index contributed by atoms with van der Waals surface area (Å²) in [6.45, 7) is 19.4. The molecule has 1 nitrogen and oxygen atoms in total. The minimum absolute atomic E-state index is 0.192. The van der Waals surface area contributed by atoms with E-state index in [2.05, 4.69) is 96.5 Å².